The van der Waals surface area contributed by atoms with Gasteiger partial charge in [-0.2, -0.15) is 0 Å². The summed E-state index contributed by atoms with van der Waals surface area (Å²) in [5.74, 6) is 1.15. The number of benzene rings is 1. The Morgan fingerprint density at radius 1 is 1.53 bits per heavy atom. The van der Waals surface area contributed by atoms with E-state index in [0.29, 0.717) is 6.61 Å². The molecular weight excluding hydrogens is 190 g/mol. The second kappa shape index (κ2) is 4.45. The van der Waals surface area contributed by atoms with Gasteiger partial charge in [-0.15, -0.1) is 0 Å². The van der Waals surface area contributed by atoms with E-state index >= 15 is 0 Å². The van der Waals surface area contributed by atoms with E-state index in [0.717, 1.165) is 24.4 Å². The summed E-state index contributed by atoms with van der Waals surface area (Å²) in [6, 6.07) is 7.41. The van der Waals surface area contributed by atoms with Gasteiger partial charge in [-0.05, 0) is 19.1 Å². The zero-order valence-corrected chi connectivity index (χ0v) is 8.82. The first-order chi connectivity index (χ1) is 7.31. The maximum atomic E-state index is 11.9. The van der Waals surface area contributed by atoms with Gasteiger partial charge in [0.25, 0.3) is 0 Å². The van der Waals surface area contributed by atoms with Crippen molar-refractivity contribution in [2.45, 2.75) is 6.92 Å². The van der Waals surface area contributed by atoms with Crippen LogP contribution in [0.5, 0.6) is 5.75 Å². The summed E-state index contributed by atoms with van der Waals surface area (Å²) in [6.45, 7) is 4.17. The molecular formula is C12H15NO2. The van der Waals surface area contributed by atoms with Gasteiger partial charge < -0.3 is 10.1 Å². The molecule has 1 saturated heterocycles. The summed E-state index contributed by atoms with van der Waals surface area (Å²) in [4.78, 5) is 11.9. The van der Waals surface area contributed by atoms with E-state index in [4.69, 9.17) is 4.74 Å². The van der Waals surface area contributed by atoms with Gasteiger partial charge in [0.2, 0.25) is 0 Å². The molecule has 3 nitrogen and oxygen atoms in total. The summed E-state index contributed by atoms with van der Waals surface area (Å²) in [7, 11) is 0. The van der Waals surface area contributed by atoms with Gasteiger partial charge in [0.05, 0.1) is 6.61 Å². The second-order valence-corrected chi connectivity index (χ2v) is 3.68. The van der Waals surface area contributed by atoms with Crippen LogP contribution in [0.2, 0.25) is 0 Å². The predicted molar refractivity (Wildman–Crippen MR) is 58.3 cm³/mol. The molecule has 1 aliphatic heterocycles. The first-order valence-electron chi connectivity index (χ1n) is 5.29. The molecule has 0 aromatic heterocycles. The van der Waals surface area contributed by atoms with Crippen molar-refractivity contribution in [3.63, 3.8) is 0 Å². The highest BCUT2D eigenvalue weighted by atomic mass is 16.5. The van der Waals surface area contributed by atoms with Crippen molar-refractivity contribution < 1.29 is 9.53 Å². The normalized spacial score (nSPS) is 15.8. The lowest BCUT2D eigenvalue weighted by atomic mass is 9.93. The zero-order chi connectivity index (χ0) is 10.7. The molecule has 0 spiro atoms. The number of carbonyl (C=O) groups is 1. The number of rotatable bonds is 4. The molecule has 15 heavy (non-hydrogen) atoms. The van der Waals surface area contributed by atoms with Crippen molar-refractivity contribution in [2.24, 2.45) is 5.92 Å². The first-order valence-corrected chi connectivity index (χ1v) is 5.29. The van der Waals surface area contributed by atoms with Crippen LogP contribution in [0.1, 0.15) is 17.3 Å². The Kier molecular flexibility index (Phi) is 3.02. The molecule has 1 aliphatic rings. The average Bonchev–Trinajstić information content (AvgIpc) is 2.16. The highest BCUT2D eigenvalue weighted by molar-refractivity contribution is 5.99. The van der Waals surface area contributed by atoms with Gasteiger partial charge in [-0.1, -0.05) is 12.1 Å². The second-order valence-electron chi connectivity index (χ2n) is 3.68. The van der Waals surface area contributed by atoms with Crippen LogP contribution in [0.3, 0.4) is 0 Å². The molecule has 2 rings (SSSR count). The first kappa shape index (κ1) is 10.2. The Hall–Kier alpha value is -1.35. The molecule has 0 unspecified atom stereocenters. The van der Waals surface area contributed by atoms with Crippen LogP contribution in [0.15, 0.2) is 24.3 Å². The summed E-state index contributed by atoms with van der Waals surface area (Å²) >= 11 is 0. The van der Waals surface area contributed by atoms with Crippen molar-refractivity contribution in [1.29, 1.82) is 0 Å². The molecule has 0 aliphatic carbocycles. The minimum atomic E-state index is 0.155. The molecule has 1 fully saturated rings. The topological polar surface area (TPSA) is 38.3 Å². The van der Waals surface area contributed by atoms with Crippen LogP contribution in [-0.4, -0.2) is 25.5 Å². The summed E-state index contributed by atoms with van der Waals surface area (Å²) in [6.07, 6.45) is 0. The third-order valence-corrected chi connectivity index (χ3v) is 2.58. The maximum absolute atomic E-state index is 11.9. The molecule has 0 radical (unpaired) electrons. The molecule has 0 bridgehead atoms. The van der Waals surface area contributed by atoms with Crippen molar-refractivity contribution in [3.8, 4) is 5.75 Å². The quantitative estimate of drug-likeness (QED) is 0.757. The van der Waals surface area contributed by atoms with Gasteiger partial charge in [0.15, 0.2) is 5.78 Å². The zero-order valence-electron chi connectivity index (χ0n) is 8.82. The lowest BCUT2D eigenvalue weighted by Crippen LogP contribution is -2.46. The summed E-state index contributed by atoms with van der Waals surface area (Å²) in [5.41, 5.74) is 0.757. The SMILES string of the molecule is CCOc1cccc(C(=O)C2CNC2)c1. The third kappa shape index (κ3) is 2.18. The largest absolute Gasteiger partial charge is 0.494 e. The van der Waals surface area contributed by atoms with E-state index < -0.39 is 0 Å². The van der Waals surface area contributed by atoms with Gasteiger partial charge in [-0.25, -0.2) is 0 Å². The van der Waals surface area contributed by atoms with Gasteiger partial charge >= 0.3 is 0 Å². The van der Waals surface area contributed by atoms with E-state index in [1.54, 1.807) is 0 Å². The van der Waals surface area contributed by atoms with Crippen LogP contribution in [0.25, 0.3) is 0 Å². The molecule has 0 saturated carbocycles. The van der Waals surface area contributed by atoms with E-state index in [-0.39, 0.29) is 11.7 Å². The van der Waals surface area contributed by atoms with Crippen LogP contribution >= 0.6 is 0 Å². The lowest BCUT2D eigenvalue weighted by molar-refractivity contribution is 0.0877. The number of hydrogen-bond donors (Lipinski definition) is 1. The Bertz CT molecular complexity index is 358. The Labute approximate surface area is 89.4 Å². The minimum Gasteiger partial charge on any atom is -0.494 e. The molecule has 0 atom stereocenters. The maximum Gasteiger partial charge on any atom is 0.168 e. The summed E-state index contributed by atoms with van der Waals surface area (Å²) in [5, 5.41) is 3.10. The predicted octanol–water partition coefficient (Wildman–Crippen LogP) is 1.49. The van der Waals surface area contributed by atoms with Gasteiger partial charge in [0.1, 0.15) is 5.75 Å². The minimum absolute atomic E-state index is 0.155. The number of carbonyl (C=O) groups excluding carboxylic acids is 1. The molecule has 3 heteroatoms. The Balaban J connectivity index is 2.12. The lowest BCUT2D eigenvalue weighted by Gasteiger charge is -2.25. The van der Waals surface area contributed by atoms with Gasteiger partial charge in [0, 0.05) is 24.6 Å². The van der Waals surface area contributed by atoms with Crippen LogP contribution in [-0.2, 0) is 0 Å². The van der Waals surface area contributed by atoms with Crippen LogP contribution < -0.4 is 10.1 Å². The van der Waals surface area contributed by atoms with Crippen LogP contribution in [0, 0.1) is 5.92 Å². The number of ether oxygens (including phenoxy) is 1. The van der Waals surface area contributed by atoms with Crippen molar-refractivity contribution in [2.75, 3.05) is 19.7 Å². The Morgan fingerprint density at radius 3 is 2.93 bits per heavy atom. The van der Waals surface area contributed by atoms with Crippen LogP contribution in [0.4, 0.5) is 0 Å². The average molecular weight is 205 g/mol. The molecule has 1 heterocycles. The number of Topliss-reactive ketones (excluding diaryl/α,β-unsaturated/α-hetero) is 1. The standard InChI is InChI=1S/C12H15NO2/c1-2-15-11-5-3-4-9(6-11)12(14)10-7-13-8-10/h3-6,10,13H,2,7-8H2,1H3. The monoisotopic (exact) mass is 205 g/mol. The molecule has 1 aromatic carbocycles. The highest BCUT2D eigenvalue weighted by Gasteiger charge is 2.25. The molecule has 80 valence electrons. The smallest absolute Gasteiger partial charge is 0.168 e. The van der Waals surface area contributed by atoms with Crippen molar-refractivity contribution >= 4 is 5.78 Å². The number of ketones is 1. The van der Waals surface area contributed by atoms with Crippen molar-refractivity contribution in [3.05, 3.63) is 29.8 Å². The number of nitrogens with one attached hydrogen (secondary N) is 1. The molecule has 1 N–H and O–H groups in total. The highest BCUT2D eigenvalue weighted by Crippen LogP contribution is 2.18. The van der Waals surface area contributed by atoms with E-state index in [1.165, 1.54) is 0 Å². The van der Waals surface area contributed by atoms with Gasteiger partial charge in [-0.3, -0.25) is 4.79 Å². The summed E-state index contributed by atoms with van der Waals surface area (Å²) < 4.78 is 5.36. The van der Waals surface area contributed by atoms with E-state index in [1.807, 2.05) is 31.2 Å². The fraction of sp³-hybridized carbons (Fsp3) is 0.417. The third-order valence-electron chi connectivity index (χ3n) is 2.58. The Morgan fingerprint density at radius 2 is 2.33 bits per heavy atom. The number of hydrogen-bond acceptors (Lipinski definition) is 3. The molecule has 1 aromatic rings. The molecule has 0 amide bonds. The van der Waals surface area contributed by atoms with E-state index in [9.17, 15) is 4.79 Å². The van der Waals surface area contributed by atoms with E-state index in [2.05, 4.69) is 5.32 Å². The van der Waals surface area contributed by atoms with Crippen molar-refractivity contribution in [1.82, 2.24) is 5.32 Å². The fourth-order valence-corrected chi connectivity index (χ4v) is 1.62. The fourth-order valence-electron chi connectivity index (χ4n) is 1.62.